The van der Waals surface area contributed by atoms with Crippen LogP contribution < -0.4 is 4.90 Å². The van der Waals surface area contributed by atoms with Gasteiger partial charge in [0.25, 0.3) is 0 Å². The van der Waals surface area contributed by atoms with Gasteiger partial charge < -0.3 is 10.0 Å². The number of anilines is 1. The quantitative estimate of drug-likeness (QED) is 0.944. The fourth-order valence-corrected chi connectivity index (χ4v) is 2.62. The van der Waals surface area contributed by atoms with Crippen LogP contribution in [-0.2, 0) is 4.79 Å². The van der Waals surface area contributed by atoms with Crippen LogP contribution in [0, 0.1) is 11.7 Å². The van der Waals surface area contributed by atoms with Gasteiger partial charge in [0.05, 0.1) is 24.0 Å². The lowest BCUT2D eigenvalue weighted by Gasteiger charge is -2.30. The van der Waals surface area contributed by atoms with Crippen molar-refractivity contribution in [3.8, 4) is 11.3 Å². The Balaban J connectivity index is 1.77. The van der Waals surface area contributed by atoms with Crippen molar-refractivity contribution in [1.29, 1.82) is 0 Å². The maximum Gasteiger partial charge on any atom is 0.306 e. The number of piperidine rings is 1. The van der Waals surface area contributed by atoms with Gasteiger partial charge in [0.2, 0.25) is 0 Å². The van der Waals surface area contributed by atoms with Gasteiger partial charge in [-0.2, -0.15) is 0 Å². The second-order valence-corrected chi connectivity index (χ2v) is 5.37. The fraction of sp³-hybridized carbons (Fsp3) is 0.312. The molecule has 0 unspecified atom stereocenters. The van der Waals surface area contributed by atoms with Gasteiger partial charge in [0.1, 0.15) is 11.6 Å². The van der Waals surface area contributed by atoms with E-state index in [2.05, 4.69) is 9.97 Å². The van der Waals surface area contributed by atoms with Crippen molar-refractivity contribution in [3.63, 3.8) is 0 Å². The van der Waals surface area contributed by atoms with Crippen LogP contribution in [0.3, 0.4) is 0 Å². The molecule has 0 amide bonds. The molecule has 0 aliphatic carbocycles. The predicted molar refractivity (Wildman–Crippen MR) is 80.0 cm³/mol. The smallest absolute Gasteiger partial charge is 0.306 e. The van der Waals surface area contributed by atoms with E-state index in [4.69, 9.17) is 5.11 Å². The van der Waals surface area contributed by atoms with Crippen LogP contribution in [0.4, 0.5) is 10.2 Å². The highest BCUT2D eigenvalue weighted by atomic mass is 19.1. The van der Waals surface area contributed by atoms with Crippen molar-refractivity contribution in [3.05, 3.63) is 42.5 Å². The largest absolute Gasteiger partial charge is 0.481 e. The number of carbonyl (C=O) groups is 1. The number of hydrogen-bond donors (Lipinski definition) is 1. The number of carboxylic acid groups (broad SMARTS) is 1. The summed E-state index contributed by atoms with van der Waals surface area (Å²) in [4.78, 5) is 21.8. The molecule has 0 atom stereocenters. The van der Waals surface area contributed by atoms with E-state index >= 15 is 0 Å². The van der Waals surface area contributed by atoms with Gasteiger partial charge in [0.15, 0.2) is 0 Å². The molecule has 0 spiro atoms. The van der Waals surface area contributed by atoms with Gasteiger partial charge in [-0.1, -0.05) is 0 Å². The van der Waals surface area contributed by atoms with Crippen molar-refractivity contribution >= 4 is 11.8 Å². The molecule has 22 heavy (non-hydrogen) atoms. The summed E-state index contributed by atoms with van der Waals surface area (Å²) in [5.74, 6) is -0.565. The van der Waals surface area contributed by atoms with Crippen LogP contribution in [0.15, 0.2) is 36.7 Å². The highest BCUT2D eigenvalue weighted by Gasteiger charge is 2.25. The lowest BCUT2D eigenvalue weighted by atomic mass is 9.97. The Bertz CT molecular complexity index is 667. The third kappa shape index (κ3) is 3.05. The molecule has 0 bridgehead atoms. The maximum absolute atomic E-state index is 13.0. The van der Waals surface area contributed by atoms with Crippen molar-refractivity contribution in [2.75, 3.05) is 18.0 Å². The molecule has 1 aromatic carbocycles. The topological polar surface area (TPSA) is 66.3 Å². The van der Waals surface area contributed by atoms with E-state index in [9.17, 15) is 9.18 Å². The Labute approximate surface area is 127 Å². The zero-order valence-electron chi connectivity index (χ0n) is 11.9. The first kappa shape index (κ1) is 14.4. The van der Waals surface area contributed by atoms with E-state index in [0.717, 1.165) is 11.4 Å². The minimum absolute atomic E-state index is 0.274. The Morgan fingerprint density at radius 1 is 1.18 bits per heavy atom. The monoisotopic (exact) mass is 301 g/mol. The van der Waals surface area contributed by atoms with E-state index in [-0.39, 0.29) is 11.7 Å². The minimum Gasteiger partial charge on any atom is -0.481 e. The number of halogens is 1. The van der Waals surface area contributed by atoms with Crippen LogP contribution in [0.1, 0.15) is 12.8 Å². The van der Waals surface area contributed by atoms with E-state index in [0.29, 0.717) is 31.6 Å². The molecule has 2 heterocycles. The summed E-state index contributed by atoms with van der Waals surface area (Å²) < 4.78 is 13.0. The number of benzene rings is 1. The lowest BCUT2D eigenvalue weighted by molar-refractivity contribution is -0.142. The van der Waals surface area contributed by atoms with E-state index < -0.39 is 5.97 Å². The van der Waals surface area contributed by atoms with E-state index in [1.165, 1.54) is 12.1 Å². The first-order valence-corrected chi connectivity index (χ1v) is 7.19. The number of aliphatic carboxylic acids is 1. The molecule has 1 aromatic heterocycles. The maximum atomic E-state index is 13.0. The first-order chi connectivity index (χ1) is 10.6. The van der Waals surface area contributed by atoms with Crippen molar-refractivity contribution in [2.24, 2.45) is 5.92 Å². The number of carboxylic acids is 1. The molecule has 114 valence electrons. The zero-order chi connectivity index (χ0) is 15.5. The second-order valence-electron chi connectivity index (χ2n) is 5.37. The molecule has 2 aromatic rings. The molecule has 1 saturated heterocycles. The molecular weight excluding hydrogens is 285 g/mol. The van der Waals surface area contributed by atoms with Gasteiger partial charge in [0, 0.05) is 18.7 Å². The van der Waals surface area contributed by atoms with Crippen molar-refractivity contribution in [2.45, 2.75) is 12.8 Å². The number of rotatable bonds is 3. The number of nitrogens with zero attached hydrogens (tertiary/aromatic N) is 3. The summed E-state index contributed by atoms with van der Waals surface area (Å²) in [7, 11) is 0. The summed E-state index contributed by atoms with van der Waals surface area (Å²) in [5, 5.41) is 9.03. The predicted octanol–water partition coefficient (Wildman–Crippen LogP) is 2.58. The van der Waals surface area contributed by atoms with Crippen LogP contribution in [-0.4, -0.2) is 34.1 Å². The van der Waals surface area contributed by atoms with Gasteiger partial charge in [-0.3, -0.25) is 9.78 Å². The molecule has 1 aliphatic heterocycles. The van der Waals surface area contributed by atoms with Crippen LogP contribution in [0.5, 0.6) is 0 Å². The normalized spacial score (nSPS) is 15.8. The minimum atomic E-state index is -0.731. The van der Waals surface area contributed by atoms with Crippen LogP contribution in [0.2, 0.25) is 0 Å². The lowest BCUT2D eigenvalue weighted by Crippen LogP contribution is -2.36. The van der Waals surface area contributed by atoms with Gasteiger partial charge >= 0.3 is 5.97 Å². The number of hydrogen-bond acceptors (Lipinski definition) is 4. The molecule has 6 heteroatoms. The Morgan fingerprint density at radius 3 is 2.50 bits per heavy atom. The molecule has 0 saturated carbocycles. The van der Waals surface area contributed by atoms with Gasteiger partial charge in [-0.15, -0.1) is 0 Å². The van der Waals surface area contributed by atoms with Crippen LogP contribution >= 0.6 is 0 Å². The standard InChI is InChI=1S/C16H16FN3O2/c17-13-3-1-11(2-4-13)14-9-18-10-15(19-14)20-7-5-12(6-8-20)16(21)22/h1-4,9-10,12H,5-8H2,(H,21,22). The van der Waals surface area contributed by atoms with E-state index in [1.807, 2.05) is 4.90 Å². The Morgan fingerprint density at radius 2 is 1.86 bits per heavy atom. The average molecular weight is 301 g/mol. The summed E-state index contributed by atoms with van der Waals surface area (Å²) in [5.41, 5.74) is 1.48. The highest BCUT2D eigenvalue weighted by molar-refractivity contribution is 5.70. The van der Waals surface area contributed by atoms with Gasteiger partial charge in [-0.25, -0.2) is 9.37 Å². The molecule has 1 aliphatic rings. The summed E-state index contributed by atoms with van der Waals surface area (Å²) in [6.07, 6.45) is 4.53. The van der Waals surface area contributed by atoms with Crippen LogP contribution in [0.25, 0.3) is 11.3 Å². The Kier molecular flexibility index (Phi) is 4.00. The molecular formula is C16H16FN3O2. The molecule has 1 fully saturated rings. The third-order valence-electron chi connectivity index (χ3n) is 3.93. The molecule has 3 rings (SSSR count). The third-order valence-corrected chi connectivity index (χ3v) is 3.93. The van der Waals surface area contributed by atoms with Crippen molar-refractivity contribution in [1.82, 2.24) is 9.97 Å². The summed E-state index contributed by atoms with van der Waals surface area (Å²) in [6, 6.07) is 6.11. The number of aromatic nitrogens is 2. The second kappa shape index (κ2) is 6.09. The molecule has 5 nitrogen and oxygen atoms in total. The average Bonchev–Trinajstić information content (AvgIpc) is 2.56. The van der Waals surface area contributed by atoms with E-state index in [1.54, 1.807) is 24.5 Å². The van der Waals surface area contributed by atoms with Gasteiger partial charge in [-0.05, 0) is 37.1 Å². The summed E-state index contributed by atoms with van der Waals surface area (Å²) >= 11 is 0. The molecule has 0 radical (unpaired) electrons. The highest BCUT2D eigenvalue weighted by Crippen LogP contribution is 2.24. The first-order valence-electron chi connectivity index (χ1n) is 7.19. The zero-order valence-corrected chi connectivity index (χ0v) is 11.9. The Hall–Kier alpha value is -2.50. The fourth-order valence-electron chi connectivity index (χ4n) is 2.62. The summed E-state index contributed by atoms with van der Waals surface area (Å²) in [6.45, 7) is 1.30. The molecule has 1 N–H and O–H groups in total. The SMILES string of the molecule is O=C(O)C1CCN(c2cncc(-c3ccc(F)cc3)n2)CC1. The van der Waals surface area contributed by atoms with Crippen molar-refractivity contribution < 1.29 is 14.3 Å².